The minimum absolute atomic E-state index is 0.336. The number of Topliss-reactive ketones (excluding diaryl/α,β-unsaturated/α-hetero) is 1. The summed E-state index contributed by atoms with van der Waals surface area (Å²) in [6, 6.07) is 11.4. The van der Waals surface area contributed by atoms with Crippen LogP contribution in [0, 0.1) is 0 Å². The molecule has 1 aromatic heterocycles. The zero-order valence-corrected chi connectivity index (χ0v) is 10.2. The number of benzene rings is 1. The molecule has 0 aliphatic carbocycles. The molecule has 0 radical (unpaired) electrons. The molecule has 2 nitrogen and oxygen atoms in total. The van der Waals surface area contributed by atoms with E-state index in [1.165, 1.54) is 22.9 Å². The van der Waals surface area contributed by atoms with E-state index >= 15 is 0 Å². The van der Waals surface area contributed by atoms with Gasteiger partial charge in [-0.2, -0.15) is 13.2 Å². The quantitative estimate of drug-likeness (QED) is 0.774. The Hall–Kier alpha value is -2.04. The van der Waals surface area contributed by atoms with Crippen molar-refractivity contribution < 1.29 is 18.0 Å². The molecule has 100 valence electrons. The van der Waals surface area contributed by atoms with E-state index < -0.39 is 12.0 Å². The highest BCUT2D eigenvalue weighted by Crippen LogP contribution is 2.26. The average Bonchev–Trinajstić information content (AvgIpc) is 2.85. The van der Waals surface area contributed by atoms with Crippen LogP contribution in [0.1, 0.15) is 29.0 Å². The van der Waals surface area contributed by atoms with Crippen LogP contribution in [-0.4, -0.2) is 16.5 Å². The van der Waals surface area contributed by atoms with Crippen LogP contribution < -0.4 is 0 Å². The van der Waals surface area contributed by atoms with Crippen molar-refractivity contribution in [2.75, 3.05) is 0 Å². The van der Waals surface area contributed by atoms with E-state index in [2.05, 4.69) is 0 Å². The third-order valence-corrected chi connectivity index (χ3v) is 2.97. The third-order valence-electron chi connectivity index (χ3n) is 2.97. The smallest absolute Gasteiger partial charge is 0.338 e. The SMILES string of the molecule is CC(c1ccccc1)n1cccc1C(=O)C(F)(F)F. The molecular weight excluding hydrogens is 255 g/mol. The lowest BCUT2D eigenvalue weighted by Crippen LogP contribution is -2.26. The molecule has 0 aliphatic heterocycles. The molecule has 0 bridgehead atoms. The first-order chi connectivity index (χ1) is 8.91. The Kier molecular flexibility index (Phi) is 3.46. The zero-order chi connectivity index (χ0) is 14.0. The van der Waals surface area contributed by atoms with Crippen LogP contribution >= 0.6 is 0 Å². The summed E-state index contributed by atoms with van der Waals surface area (Å²) in [6.45, 7) is 1.75. The lowest BCUT2D eigenvalue weighted by Gasteiger charge is -2.18. The molecule has 1 heterocycles. The second kappa shape index (κ2) is 4.91. The van der Waals surface area contributed by atoms with E-state index in [4.69, 9.17) is 0 Å². The van der Waals surface area contributed by atoms with E-state index in [1.54, 1.807) is 19.1 Å². The van der Waals surface area contributed by atoms with Crippen molar-refractivity contribution in [3.8, 4) is 0 Å². The number of hydrogen-bond acceptors (Lipinski definition) is 1. The standard InChI is InChI=1S/C14H12F3NO/c1-10(11-6-3-2-4-7-11)18-9-5-8-12(18)13(19)14(15,16)17/h2-10H,1H3. The van der Waals surface area contributed by atoms with Crippen LogP contribution in [0.15, 0.2) is 48.7 Å². The fourth-order valence-electron chi connectivity index (χ4n) is 1.96. The molecule has 0 aliphatic rings. The fraction of sp³-hybridized carbons (Fsp3) is 0.214. The maximum Gasteiger partial charge on any atom is 0.456 e. The Morgan fingerprint density at radius 3 is 2.32 bits per heavy atom. The van der Waals surface area contributed by atoms with Gasteiger partial charge in [-0.15, -0.1) is 0 Å². The average molecular weight is 267 g/mol. The summed E-state index contributed by atoms with van der Waals surface area (Å²) in [6.07, 6.45) is -3.37. The van der Waals surface area contributed by atoms with Crippen molar-refractivity contribution in [2.24, 2.45) is 0 Å². The highest BCUT2D eigenvalue weighted by Gasteiger charge is 2.41. The van der Waals surface area contributed by atoms with Gasteiger partial charge in [0.25, 0.3) is 5.78 Å². The maximum atomic E-state index is 12.5. The summed E-state index contributed by atoms with van der Waals surface area (Å²) in [5.74, 6) is -1.82. The van der Waals surface area contributed by atoms with Gasteiger partial charge < -0.3 is 4.57 Å². The van der Waals surface area contributed by atoms with Gasteiger partial charge in [0.05, 0.1) is 11.7 Å². The predicted molar refractivity (Wildman–Crippen MR) is 65.1 cm³/mol. The van der Waals surface area contributed by atoms with Crippen LogP contribution in [0.3, 0.4) is 0 Å². The van der Waals surface area contributed by atoms with Gasteiger partial charge in [-0.25, -0.2) is 0 Å². The number of aromatic nitrogens is 1. The van der Waals surface area contributed by atoms with E-state index in [1.807, 2.05) is 18.2 Å². The van der Waals surface area contributed by atoms with E-state index in [-0.39, 0.29) is 11.7 Å². The van der Waals surface area contributed by atoms with Crippen molar-refractivity contribution in [3.05, 3.63) is 59.9 Å². The van der Waals surface area contributed by atoms with Crippen molar-refractivity contribution in [3.63, 3.8) is 0 Å². The van der Waals surface area contributed by atoms with Gasteiger partial charge in [0.15, 0.2) is 0 Å². The highest BCUT2D eigenvalue weighted by atomic mass is 19.4. The Morgan fingerprint density at radius 2 is 1.74 bits per heavy atom. The van der Waals surface area contributed by atoms with Crippen LogP contribution in [0.5, 0.6) is 0 Å². The van der Waals surface area contributed by atoms with Gasteiger partial charge in [-0.1, -0.05) is 30.3 Å². The Morgan fingerprint density at radius 1 is 1.11 bits per heavy atom. The summed E-state index contributed by atoms with van der Waals surface area (Å²) in [5.41, 5.74) is 0.499. The number of alkyl halides is 3. The molecule has 0 N–H and O–H groups in total. The largest absolute Gasteiger partial charge is 0.456 e. The molecule has 0 spiro atoms. The van der Waals surface area contributed by atoms with Gasteiger partial charge in [0, 0.05) is 6.20 Å². The molecule has 0 saturated heterocycles. The van der Waals surface area contributed by atoms with E-state index in [0.29, 0.717) is 0 Å². The minimum Gasteiger partial charge on any atom is -0.338 e. The van der Waals surface area contributed by atoms with Crippen LogP contribution in [0.2, 0.25) is 0 Å². The number of nitrogens with zero attached hydrogens (tertiary/aromatic N) is 1. The molecule has 1 aromatic carbocycles. The summed E-state index contributed by atoms with van der Waals surface area (Å²) < 4.78 is 38.8. The van der Waals surface area contributed by atoms with Gasteiger partial charge in [0.2, 0.25) is 0 Å². The second-order valence-corrected chi connectivity index (χ2v) is 4.21. The van der Waals surface area contributed by atoms with Crippen molar-refractivity contribution in [1.82, 2.24) is 4.57 Å². The molecular formula is C14H12F3NO. The summed E-state index contributed by atoms with van der Waals surface area (Å²) >= 11 is 0. The van der Waals surface area contributed by atoms with E-state index in [0.717, 1.165) is 5.56 Å². The summed E-state index contributed by atoms with van der Waals surface area (Å²) in [5, 5.41) is 0. The van der Waals surface area contributed by atoms with Crippen molar-refractivity contribution in [1.29, 1.82) is 0 Å². The number of carbonyl (C=O) groups is 1. The zero-order valence-electron chi connectivity index (χ0n) is 10.2. The first-order valence-electron chi connectivity index (χ1n) is 5.74. The lowest BCUT2D eigenvalue weighted by atomic mass is 10.1. The monoisotopic (exact) mass is 267 g/mol. The van der Waals surface area contributed by atoms with Gasteiger partial charge in [-0.05, 0) is 24.6 Å². The number of carbonyl (C=O) groups excluding carboxylic acids is 1. The van der Waals surface area contributed by atoms with Crippen molar-refractivity contribution in [2.45, 2.75) is 19.1 Å². The normalized spacial score (nSPS) is 13.3. The van der Waals surface area contributed by atoms with Crippen molar-refractivity contribution >= 4 is 5.78 Å². The predicted octanol–water partition coefficient (Wildman–Crippen LogP) is 3.84. The molecule has 1 unspecified atom stereocenters. The number of hydrogen-bond donors (Lipinski definition) is 0. The fourth-order valence-corrected chi connectivity index (χ4v) is 1.96. The number of halogens is 3. The first-order valence-corrected chi connectivity index (χ1v) is 5.74. The molecule has 0 amide bonds. The molecule has 2 rings (SSSR count). The lowest BCUT2D eigenvalue weighted by molar-refractivity contribution is -0.0890. The van der Waals surface area contributed by atoms with E-state index in [9.17, 15) is 18.0 Å². The molecule has 5 heteroatoms. The molecule has 19 heavy (non-hydrogen) atoms. The Labute approximate surface area is 108 Å². The number of rotatable bonds is 3. The van der Waals surface area contributed by atoms with Crippen LogP contribution in [0.4, 0.5) is 13.2 Å². The molecule has 1 atom stereocenters. The number of ketones is 1. The second-order valence-electron chi connectivity index (χ2n) is 4.21. The van der Waals surface area contributed by atoms with Gasteiger partial charge in [-0.3, -0.25) is 4.79 Å². The Bertz CT molecular complexity index is 572. The molecule has 2 aromatic rings. The topological polar surface area (TPSA) is 22.0 Å². The summed E-state index contributed by atoms with van der Waals surface area (Å²) in [7, 11) is 0. The minimum atomic E-state index is -4.85. The summed E-state index contributed by atoms with van der Waals surface area (Å²) in [4.78, 5) is 11.3. The van der Waals surface area contributed by atoms with Crippen LogP contribution in [-0.2, 0) is 0 Å². The maximum absolute atomic E-state index is 12.5. The Balaban J connectivity index is 2.38. The van der Waals surface area contributed by atoms with Crippen LogP contribution in [0.25, 0.3) is 0 Å². The van der Waals surface area contributed by atoms with Gasteiger partial charge in [0.1, 0.15) is 0 Å². The van der Waals surface area contributed by atoms with Gasteiger partial charge >= 0.3 is 6.18 Å². The third kappa shape index (κ3) is 2.70. The molecule has 0 fully saturated rings. The molecule has 0 saturated carbocycles. The first kappa shape index (κ1) is 13.4. The highest BCUT2D eigenvalue weighted by molar-refractivity contribution is 5.99.